The fraction of sp³-hybridized carbons (Fsp3) is 0.533. The molecule has 1 aromatic rings. The predicted octanol–water partition coefficient (Wildman–Crippen LogP) is 2.77. The van der Waals surface area contributed by atoms with E-state index in [1.807, 2.05) is 44.2 Å². The Bertz CT molecular complexity index is 368. The van der Waals surface area contributed by atoms with Crippen molar-refractivity contribution in [2.24, 2.45) is 5.73 Å². The van der Waals surface area contributed by atoms with Crippen LogP contribution in [0.15, 0.2) is 30.3 Å². The molecule has 1 unspecified atom stereocenters. The minimum Gasteiger partial charge on any atom is -0.445 e. The number of hydrogen-bond acceptors (Lipinski definition) is 3. The molecule has 1 heterocycles. The fourth-order valence-electron chi connectivity index (χ4n) is 1.99. The summed E-state index contributed by atoms with van der Waals surface area (Å²) < 4.78 is 5.25. The quantitative estimate of drug-likeness (QED) is 0.893. The van der Waals surface area contributed by atoms with E-state index in [-0.39, 0.29) is 12.1 Å². The summed E-state index contributed by atoms with van der Waals surface area (Å²) in [6, 6.07) is 9.77. The summed E-state index contributed by atoms with van der Waals surface area (Å²) in [4.78, 5) is 13.5. The van der Waals surface area contributed by atoms with Crippen LogP contribution in [-0.2, 0) is 11.3 Å². The van der Waals surface area contributed by atoms with E-state index in [9.17, 15) is 4.79 Å². The van der Waals surface area contributed by atoms with Gasteiger partial charge in [0.15, 0.2) is 0 Å². The van der Waals surface area contributed by atoms with Gasteiger partial charge in [-0.2, -0.15) is 0 Å². The van der Waals surface area contributed by atoms with Gasteiger partial charge < -0.3 is 15.4 Å². The van der Waals surface area contributed by atoms with Crippen LogP contribution in [0, 0.1) is 0 Å². The predicted molar refractivity (Wildman–Crippen MR) is 76.8 cm³/mol. The highest BCUT2D eigenvalue weighted by Gasteiger charge is 2.22. The molecule has 1 aliphatic rings. The Kier molecular flexibility index (Phi) is 6.97. The molecule has 1 atom stereocenters. The average Bonchev–Trinajstić information content (AvgIpc) is 2.48. The molecule has 0 aromatic heterocycles. The number of nitrogens with zero attached hydrogens (tertiary/aromatic N) is 1. The number of hydrogen-bond donors (Lipinski definition) is 1. The SMILES string of the molecule is CC.NC1CCCN(C(=O)OCc2ccccc2)C1. The molecule has 1 aromatic carbocycles. The van der Waals surface area contributed by atoms with Crippen LogP contribution in [0.25, 0.3) is 0 Å². The van der Waals surface area contributed by atoms with Crippen LogP contribution in [-0.4, -0.2) is 30.1 Å². The highest BCUT2D eigenvalue weighted by Crippen LogP contribution is 2.10. The second-order valence-electron chi connectivity index (χ2n) is 4.39. The maximum absolute atomic E-state index is 11.8. The molecule has 2 N–H and O–H groups in total. The van der Waals surface area contributed by atoms with E-state index >= 15 is 0 Å². The molecule has 1 fully saturated rings. The summed E-state index contributed by atoms with van der Waals surface area (Å²) in [5, 5.41) is 0. The second-order valence-corrected chi connectivity index (χ2v) is 4.39. The summed E-state index contributed by atoms with van der Waals surface area (Å²) >= 11 is 0. The molecule has 0 radical (unpaired) electrons. The molecule has 19 heavy (non-hydrogen) atoms. The smallest absolute Gasteiger partial charge is 0.410 e. The minimum absolute atomic E-state index is 0.0908. The number of piperidine rings is 1. The second kappa shape index (κ2) is 8.53. The van der Waals surface area contributed by atoms with Crippen molar-refractivity contribution in [1.82, 2.24) is 4.90 Å². The van der Waals surface area contributed by atoms with Crippen LogP contribution in [0.4, 0.5) is 4.79 Å². The van der Waals surface area contributed by atoms with Crippen molar-refractivity contribution < 1.29 is 9.53 Å². The van der Waals surface area contributed by atoms with Crippen molar-refractivity contribution in [1.29, 1.82) is 0 Å². The van der Waals surface area contributed by atoms with E-state index in [4.69, 9.17) is 10.5 Å². The number of nitrogens with two attached hydrogens (primary N) is 1. The Morgan fingerprint density at radius 3 is 2.68 bits per heavy atom. The van der Waals surface area contributed by atoms with E-state index in [0.29, 0.717) is 13.2 Å². The zero-order valence-electron chi connectivity index (χ0n) is 11.8. The van der Waals surface area contributed by atoms with Crippen molar-refractivity contribution in [3.8, 4) is 0 Å². The van der Waals surface area contributed by atoms with E-state index in [0.717, 1.165) is 24.9 Å². The largest absolute Gasteiger partial charge is 0.445 e. The molecular weight excluding hydrogens is 240 g/mol. The van der Waals surface area contributed by atoms with Crippen LogP contribution >= 0.6 is 0 Å². The number of amides is 1. The fourth-order valence-corrected chi connectivity index (χ4v) is 1.99. The van der Waals surface area contributed by atoms with Crippen molar-refractivity contribution >= 4 is 6.09 Å². The normalized spacial score (nSPS) is 18.3. The van der Waals surface area contributed by atoms with Crippen LogP contribution in [0.1, 0.15) is 32.3 Å². The first kappa shape index (κ1) is 15.5. The van der Waals surface area contributed by atoms with Crippen LogP contribution in [0.5, 0.6) is 0 Å². The van der Waals surface area contributed by atoms with Gasteiger partial charge in [0, 0.05) is 19.1 Å². The summed E-state index contributed by atoms with van der Waals surface area (Å²) in [5.41, 5.74) is 6.82. The van der Waals surface area contributed by atoms with Gasteiger partial charge in [-0.1, -0.05) is 44.2 Å². The molecule has 0 spiro atoms. The van der Waals surface area contributed by atoms with Crippen LogP contribution < -0.4 is 5.73 Å². The van der Waals surface area contributed by atoms with Crippen LogP contribution in [0.3, 0.4) is 0 Å². The molecule has 1 saturated heterocycles. The van der Waals surface area contributed by atoms with E-state index in [1.54, 1.807) is 4.90 Å². The first-order valence-electron chi connectivity index (χ1n) is 6.97. The first-order valence-corrected chi connectivity index (χ1v) is 6.97. The Morgan fingerprint density at radius 1 is 1.37 bits per heavy atom. The van der Waals surface area contributed by atoms with E-state index in [2.05, 4.69) is 0 Å². The lowest BCUT2D eigenvalue weighted by molar-refractivity contribution is 0.0862. The maximum Gasteiger partial charge on any atom is 0.410 e. The Labute approximate surface area is 115 Å². The third-order valence-electron chi connectivity index (χ3n) is 2.92. The molecule has 106 valence electrons. The number of likely N-dealkylation sites (tertiary alicyclic amines) is 1. The van der Waals surface area contributed by atoms with Crippen molar-refractivity contribution in [2.75, 3.05) is 13.1 Å². The van der Waals surface area contributed by atoms with Crippen molar-refractivity contribution in [2.45, 2.75) is 39.3 Å². The van der Waals surface area contributed by atoms with Gasteiger partial charge in [0.2, 0.25) is 0 Å². The average molecular weight is 264 g/mol. The summed E-state index contributed by atoms with van der Waals surface area (Å²) in [6.45, 7) is 5.68. The van der Waals surface area contributed by atoms with Gasteiger partial charge in [-0.15, -0.1) is 0 Å². The van der Waals surface area contributed by atoms with Crippen LogP contribution in [0.2, 0.25) is 0 Å². The number of benzene rings is 1. The number of carbonyl (C=O) groups is 1. The summed E-state index contributed by atoms with van der Waals surface area (Å²) in [7, 11) is 0. The third-order valence-corrected chi connectivity index (χ3v) is 2.92. The molecule has 0 saturated carbocycles. The highest BCUT2D eigenvalue weighted by molar-refractivity contribution is 5.67. The zero-order valence-corrected chi connectivity index (χ0v) is 11.8. The van der Waals surface area contributed by atoms with Gasteiger partial charge in [0.05, 0.1) is 0 Å². The summed E-state index contributed by atoms with van der Waals surface area (Å²) in [6.07, 6.45) is 1.69. The Morgan fingerprint density at radius 2 is 2.05 bits per heavy atom. The first-order chi connectivity index (χ1) is 9.25. The van der Waals surface area contributed by atoms with E-state index < -0.39 is 0 Å². The molecule has 4 nitrogen and oxygen atoms in total. The molecule has 2 rings (SSSR count). The molecule has 0 aliphatic carbocycles. The lowest BCUT2D eigenvalue weighted by Crippen LogP contribution is -2.45. The lowest BCUT2D eigenvalue weighted by Gasteiger charge is -2.29. The highest BCUT2D eigenvalue weighted by atomic mass is 16.6. The van der Waals surface area contributed by atoms with Crippen molar-refractivity contribution in [3.05, 3.63) is 35.9 Å². The lowest BCUT2D eigenvalue weighted by atomic mass is 10.1. The summed E-state index contributed by atoms with van der Waals surface area (Å²) in [5.74, 6) is 0. The molecule has 1 aliphatic heterocycles. The van der Waals surface area contributed by atoms with Gasteiger partial charge >= 0.3 is 6.09 Å². The van der Waals surface area contributed by atoms with Gasteiger partial charge in [0.1, 0.15) is 6.61 Å². The monoisotopic (exact) mass is 264 g/mol. The molecule has 4 heteroatoms. The topological polar surface area (TPSA) is 55.6 Å². The number of ether oxygens (including phenoxy) is 1. The molecular formula is C15H24N2O2. The number of carbonyl (C=O) groups excluding carboxylic acids is 1. The standard InChI is InChI=1S/C13H18N2O2.C2H6/c14-12-7-4-8-15(9-12)13(16)17-10-11-5-2-1-3-6-11;1-2/h1-3,5-6,12H,4,7-10,14H2;1-2H3. The van der Waals surface area contributed by atoms with Gasteiger partial charge in [-0.25, -0.2) is 4.79 Å². The maximum atomic E-state index is 11.8. The van der Waals surface area contributed by atoms with Crippen molar-refractivity contribution in [3.63, 3.8) is 0 Å². The Balaban J connectivity index is 0.000000861. The third kappa shape index (κ3) is 5.30. The zero-order chi connectivity index (χ0) is 14.1. The molecule has 1 amide bonds. The number of rotatable bonds is 2. The van der Waals surface area contributed by atoms with Gasteiger partial charge in [-0.05, 0) is 18.4 Å². The van der Waals surface area contributed by atoms with E-state index in [1.165, 1.54) is 0 Å². The molecule has 0 bridgehead atoms. The minimum atomic E-state index is -0.260. The Hall–Kier alpha value is -1.55. The van der Waals surface area contributed by atoms with Gasteiger partial charge in [-0.3, -0.25) is 0 Å². The van der Waals surface area contributed by atoms with Gasteiger partial charge in [0.25, 0.3) is 0 Å².